The van der Waals surface area contributed by atoms with Crippen molar-refractivity contribution in [3.05, 3.63) is 29.8 Å². The summed E-state index contributed by atoms with van der Waals surface area (Å²) in [5.41, 5.74) is -0.0700. The molecule has 0 radical (unpaired) electrons. The standard InChI is InChI=1S/C20H26N2O6S/c1-5-12-27-15-8-6-14(7-9-15)13-17(21-19(24)28-20(2,3)4)18(23)22-29(25,26)16-10-11-16/h1,6-9,16-17H,10-13H2,2-4H3,(H,21,24)(H,22,23)/t17-/m0/s1. The van der Waals surface area contributed by atoms with Gasteiger partial charge in [0.05, 0.1) is 5.25 Å². The van der Waals surface area contributed by atoms with Crippen molar-refractivity contribution in [3.8, 4) is 18.1 Å². The molecule has 158 valence electrons. The zero-order chi connectivity index (χ0) is 21.7. The molecule has 0 bridgehead atoms. The van der Waals surface area contributed by atoms with Gasteiger partial charge >= 0.3 is 6.09 Å². The second kappa shape index (κ2) is 9.18. The van der Waals surface area contributed by atoms with Crippen molar-refractivity contribution in [2.45, 2.75) is 56.9 Å². The van der Waals surface area contributed by atoms with Gasteiger partial charge in [-0.05, 0) is 51.3 Å². The van der Waals surface area contributed by atoms with E-state index in [2.05, 4.69) is 16.0 Å². The topological polar surface area (TPSA) is 111 Å². The fourth-order valence-corrected chi connectivity index (χ4v) is 3.76. The Morgan fingerprint density at radius 2 is 1.86 bits per heavy atom. The van der Waals surface area contributed by atoms with Gasteiger partial charge in [-0.1, -0.05) is 18.1 Å². The van der Waals surface area contributed by atoms with E-state index in [0.29, 0.717) is 24.2 Å². The van der Waals surface area contributed by atoms with Crippen LogP contribution in [0, 0.1) is 12.3 Å². The molecule has 0 aromatic heterocycles. The van der Waals surface area contributed by atoms with Crippen LogP contribution in [0.1, 0.15) is 39.2 Å². The molecule has 1 aliphatic rings. The number of alkyl carbamates (subject to hydrolysis) is 1. The first-order valence-electron chi connectivity index (χ1n) is 9.20. The molecule has 1 aliphatic carbocycles. The smallest absolute Gasteiger partial charge is 0.408 e. The van der Waals surface area contributed by atoms with Crippen LogP contribution in [0.15, 0.2) is 24.3 Å². The monoisotopic (exact) mass is 422 g/mol. The Kier molecular flexibility index (Phi) is 7.14. The van der Waals surface area contributed by atoms with E-state index < -0.39 is 38.9 Å². The summed E-state index contributed by atoms with van der Waals surface area (Å²) in [4.78, 5) is 24.7. The summed E-state index contributed by atoms with van der Waals surface area (Å²) < 4.78 is 36.8. The van der Waals surface area contributed by atoms with Crippen LogP contribution in [0.5, 0.6) is 5.75 Å². The number of nitrogens with one attached hydrogen (secondary N) is 2. The van der Waals surface area contributed by atoms with E-state index in [0.717, 1.165) is 0 Å². The molecule has 1 saturated carbocycles. The first-order chi connectivity index (χ1) is 13.5. The molecule has 1 aromatic carbocycles. The third kappa shape index (κ3) is 7.66. The number of carbonyl (C=O) groups is 2. The highest BCUT2D eigenvalue weighted by Gasteiger charge is 2.38. The summed E-state index contributed by atoms with van der Waals surface area (Å²) in [7, 11) is -3.74. The summed E-state index contributed by atoms with van der Waals surface area (Å²) in [5, 5.41) is 1.90. The molecule has 29 heavy (non-hydrogen) atoms. The third-order valence-corrected chi connectivity index (χ3v) is 5.73. The summed E-state index contributed by atoms with van der Waals surface area (Å²) in [6.07, 6.45) is 5.45. The Balaban J connectivity index is 2.11. The van der Waals surface area contributed by atoms with Gasteiger partial charge in [-0.2, -0.15) is 0 Å². The van der Waals surface area contributed by atoms with Crippen molar-refractivity contribution in [3.63, 3.8) is 0 Å². The van der Waals surface area contributed by atoms with Gasteiger partial charge < -0.3 is 14.8 Å². The van der Waals surface area contributed by atoms with Crippen LogP contribution in [-0.2, 0) is 26.0 Å². The fraction of sp³-hybridized carbons (Fsp3) is 0.500. The van der Waals surface area contributed by atoms with Gasteiger partial charge in [0.1, 0.15) is 24.0 Å². The number of hydrogen-bond donors (Lipinski definition) is 2. The predicted octanol–water partition coefficient (Wildman–Crippen LogP) is 1.74. The van der Waals surface area contributed by atoms with E-state index in [-0.39, 0.29) is 13.0 Å². The van der Waals surface area contributed by atoms with Crippen molar-refractivity contribution < 1.29 is 27.5 Å². The van der Waals surface area contributed by atoms with Crippen LogP contribution in [0.3, 0.4) is 0 Å². The highest BCUT2D eigenvalue weighted by molar-refractivity contribution is 7.90. The van der Waals surface area contributed by atoms with Gasteiger partial charge in [-0.3, -0.25) is 9.52 Å². The number of sulfonamides is 1. The average Bonchev–Trinajstić information content (AvgIpc) is 3.44. The highest BCUT2D eigenvalue weighted by atomic mass is 32.2. The van der Waals surface area contributed by atoms with E-state index >= 15 is 0 Å². The van der Waals surface area contributed by atoms with Crippen molar-refractivity contribution in [1.29, 1.82) is 0 Å². The molecule has 0 aliphatic heterocycles. The number of hydrogen-bond acceptors (Lipinski definition) is 6. The lowest BCUT2D eigenvalue weighted by Crippen LogP contribution is -2.51. The Morgan fingerprint density at radius 3 is 2.38 bits per heavy atom. The minimum absolute atomic E-state index is 0.0701. The van der Waals surface area contributed by atoms with E-state index in [1.807, 2.05) is 0 Å². The minimum atomic E-state index is -3.74. The molecule has 1 aromatic rings. The zero-order valence-electron chi connectivity index (χ0n) is 16.7. The van der Waals surface area contributed by atoms with Gasteiger partial charge in [-0.25, -0.2) is 13.2 Å². The minimum Gasteiger partial charge on any atom is -0.481 e. The maximum absolute atomic E-state index is 12.6. The second-order valence-corrected chi connectivity index (χ2v) is 9.71. The highest BCUT2D eigenvalue weighted by Crippen LogP contribution is 2.27. The number of terminal acetylenes is 1. The number of benzene rings is 1. The molecule has 1 fully saturated rings. The molecule has 8 nitrogen and oxygen atoms in total. The van der Waals surface area contributed by atoms with Crippen LogP contribution < -0.4 is 14.8 Å². The Hall–Kier alpha value is -2.73. The van der Waals surface area contributed by atoms with Gasteiger partial charge in [0.25, 0.3) is 5.91 Å². The molecule has 2 rings (SSSR count). The molecule has 0 unspecified atom stereocenters. The molecule has 0 saturated heterocycles. The van der Waals surface area contributed by atoms with Crippen molar-refractivity contribution in [2.75, 3.05) is 6.61 Å². The Morgan fingerprint density at radius 1 is 1.24 bits per heavy atom. The average molecular weight is 423 g/mol. The van der Waals surface area contributed by atoms with Crippen molar-refractivity contribution in [1.82, 2.24) is 10.0 Å². The summed E-state index contributed by atoms with van der Waals surface area (Å²) >= 11 is 0. The maximum Gasteiger partial charge on any atom is 0.408 e. The normalized spacial score (nSPS) is 15.0. The third-order valence-electron chi connectivity index (χ3n) is 3.90. The second-order valence-electron chi connectivity index (χ2n) is 7.75. The molecule has 2 amide bonds. The Labute approximate surface area is 171 Å². The largest absolute Gasteiger partial charge is 0.481 e. The number of rotatable bonds is 8. The van der Waals surface area contributed by atoms with Crippen LogP contribution >= 0.6 is 0 Å². The van der Waals surface area contributed by atoms with E-state index in [1.165, 1.54) is 0 Å². The first-order valence-corrected chi connectivity index (χ1v) is 10.7. The number of amides is 2. The van der Waals surface area contributed by atoms with E-state index in [4.69, 9.17) is 15.9 Å². The molecule has 9 heteroatoms. The lowest BCUT2D eigenvalue weighted by atomic mass is 10.1. The van der Waals surface area contributed by atoms with Gasteiger partial charge in [0.2, 0.25) is 10.0 Å². The quantitative estimate of drug-likeness (QED) is 0.618. The molecular formula is C20H26N2O6S. The summed E-state index contributed by atoms with van der Waals surface area (Å²) in [5.74, 6) is 2.11. The van der Waals surface area contributed by atoms with Crippen LogP contribution in [0.25, 0.3) is 0 Å². The lowest BCUT2D eigenvalue weighted by molar-refractivity contribution is -0.121. The SMILES string of the molecule is C#CCOc1ccc(C[C@H](NC(=O)OC(C)(C)C)C(=O)NS(=O)(=O)C2CC2)cc1. The maximum atomic E-state index is 12.6. The first kappa shape index (κ1) is 22.6. The molecule has 2 N–H and O–H groups in total. The molecular weight excluding hydrogens is 396 g/mol. The predicted molar refractivity (Wildman–Crippen MR) is 108 cm³/mol. The molecule has 0 spiro atoms. The van der Waals surface area contributed by atoms with Gasteiger partial charge in [0, 0.05) is 6.42 Å². The Bertz CT molecular complexity index is 877. The van der Waals surface area contributed by atoms with Gasteiger partial charge in [0.15, 0.2) is 0 Å². The van der Waals surface area contributed by atoms with E-state index in [9.17, 15) is 18.0 Å². The molecule has 0 heterocycles. The fourth-order valence-electron chi connectivity index (χ4n) is 2.41. The van der Waals surface area contributed by atoms with Crippen LogP contribution in [0.4, 0.5) is 4.79 Å². The summed E-state index contributed by atoms with van der Waals surface area (Å²) in [6, 6.07) is 5.64. The number of ether oxygens (including phenoxy) is 2. The molecule has 1 atom stereocenters. The van der Waals surface area contributed by atoms with Crippen LogP contribution in [-0.4, -0.2) is 43.9 Å². The van der Waals surface area contributed by atoms with Crippen molar-refractivity contribution >= 4 is 22.0 Å². The zero-order valence-corrected chi connectivity index (χ0v) is 17.5. The lowest BCUT2D eigenvalue weighted by Gasteiger charge is -2.23. The van der Waals surface area contributed by atoms with Gasteiger partial charge in [-0.15, -0.1) is 6.42 Å². The van der Waals surface area contributed by atoms with Crippen molar-refractivity contribution in [2.24, 2.45) is 0 Å². The number of carbonyl (C=O) groups excluding carboxylic acids is 2. The van der Waals surface area contributed by atoms with E-state index in [1.54, 1.807) is 45.0 Å². The van der Waals surface area contributed by atoms with Crippen LogP contribution in [0.2, 0.25) is 0 Å². The summed E-state index contributed by atoms with van der Waals surface area (Å²) in [6.45, 7) is 5.19.